The lowest BCUT2D eigenvalue weighted by Gasteiger charge is -2.16. The Morgan fingerprint density at radius 2 is 1.93 bits per heavy atom. The molecule has 0 amide bonds. The minimum Gasteiger partial charge on any atom is -0.490 e. The van der Waals surface area contributed by atoms with Crippen molar-refractivity contribution in [3.05, 3.63) is 57.6 Å². The van der Waals surface area contributed by atoms with Gasteiger partial charge >= 0.3 is 0 Å². The van der Waals surface area contributed by atoms with Gasteiger partial charge < -0.3 is 19.5 Å². The van der Waals surface area contributed by atoms with Crippen molar-refractivity contribution in [2.75, 3.05) is 19.8 Å². The van der Waals surface area contributed by atoms with Crippen molar-refractivity contribution in [1.82, 2.24) is 5.32 Å². The van der Waals surface area contributed by atoms with Gasteiger partial charge in [-0.15, -0.1) is 0 Å². The number of nitrogens with one attached hydrogen (secondary N) is 1. The minimum absolute atomic E-state index is 0.314. The van der Waals surface area contributed by atoms with E-state index in [1.165, 1.54) is 0 Å². The third-order valence-corrected chi connectivity index (χ3v) is 4.92. The number of hydrogen-bond donors (Lipinski definition) is 1. The normalized spacial score (nSPS) is 16.5. The van der Waals surface area contributed by atoms with Crippen molar-refractivity contribution in [3.8, 4) is 11.5 Å². The molecular weight excluding hydrogens is 385 g/mol. The van der Waals surface area contributed by atoms with Crippen molar-refractivity contribution in [2.24, 2.45) is 0 Å². The van der Waals surface area contributed by atoms with E-state index in [4.69, 9.17) is 37.4 Å². The van der Waals surface area contributed by atoms with Gasteiger partial charge in [-0.25, -0.2) is 0 Å². The Bertz CT molecular complexity index is 731. The van der Waals surface area contributed by atoms with Crippen LogP contribution < -0.4 is 14.8 Å². The van der Waals surface area contributed by atoms with Crippen LogP contribution in [0.1, 0.15) is 30.9 Å². The van der Waals surface area contributed by atoms with Crippen molar-refractivity contribution in [2.45, 2.75) is 39.0 Å². The highest BCUT2D eigenvalue weighted by molar-refractivity contribution is 6.32. The van der Waals surface area contributed by atoms with E-state index in [0.717, 1.165) is 37.1 Å². The van der Waals surface area contributed by atoms with Gasteiger partial charge in [0, 0.05) is 24.7 Å². The molecule has 0 aromatic heterocycles. The predicted octanol–water partition coefficient (Wildman–Crippen LogP) is 5.24. The summed E-state index contributed by atoms with van der Waals surface area (Å²) in [5.74, 6) is 1.23. The van der Waals surface area contributed by atoms with Crippen LogP contribution in [0.3, 0.4) is 0 Å². The number of benzene rings is 2. The molecule has 0 saturated carbocycles. The first-order valence-electron chi connectivity index (χ1n) is 9.30. The second-order valence-corrected chi connectivity index (χ2v) is 7.36. The summed E-state index contributed by atoms with van der Waals surface area (Å²) in [6.07, 6.45) is 2.58. The second kappa shape index (κ2) is 10.2. The lowest BCUT2D eigenvalue weighted by atomic mass is 10.2. The summed E-state index contributed by atoms with van der Waals surface area (Å²) in [7, 11) is 0. The smallest absolute Gasteiger partial charge is 0.180 e. The van der Waals surface area contributed by atoms with Crippen molar-refractivity contribution < 1.29 is 14.2 Å². The zero-order valence-electron chi connectivity index (χ0n) is 15.5. The van der Waals surface area contributed by atoms with Crippen LogP contribution in [0.15, 0.2) is 36.4 Å². The number of ether oxygens (including phenoxy) is 3. The molecule has 2 aromatic carbocycles. The van der Waals surface area contributed by atoms with E-state index >= 15 is 0 Å². The van der Waals surface area contributed by atoms with Crippen molar-refractivity contribution in [1.29, 1.82) is 0 Å². The SMILES string of the molecule is CCOc1cc(CNC[C@H]2CCCO2)cc(Cl)c1OCc1ccc(Cl)cc1. The van der Waals surface area contributed by atoms with Crippen LogP contribution in [0.25, 0.3) is 0 Å². The monoisotopic (exact) mass is 409 g/mol. The third kappa shape index (κ3) is 6.01. The third-order valence-electron chi connectivity index (χ3n) is 4.39. The summed E-state index contributed by atoms with van der Waals surface area (Å²) < 4.78 is 17.3. The van der Waals surface area contributed by atoms with Crippen molar-refractivity contribution >= 4 is 23.2 Å². The Hall–Kier alpha value is -1.46. The Balaban J connectivity index is 1.64. The lowest BCUT2D eigenvalue weighted by molar-refractivity contribution is 0.110. The molecule has 2 aromatic rings. The van der Waals surface area contributed by atoms with Crippen LogP contribution in [-0.4, -0.2) is 25.9 Å². The summed E-state index contributed by atoms with van der Waals surface area (Å²) in [5.41, 5.74) is 2.07. The standard InChI is InChI=1S/C21H25Cl2NO3/c1-2-25-20-11-16(12-24-13-18-4-3-9-26-18)10-19(23)21(20)27-14-15-5-7-17(22)8-6-15/h5-8,10-11,18,24H,2-4,9,12-14H2,1H3/t18-/m1/s1. The molecule has 1 saturated heterocycles. The van der Waals surface area contributed by atoms with Crippen LogP contribution >= 0.6 is 23.2 Å². The molecule has 0 radical (unpaired) electrons. The molecule has 1 aliphatic heterocycles. The van der Waals surface area contributed by atoms with Crippen LogP contribution in [0.5, 0.6) is 11.5 Å². The average molecular weight is 410 g/mol. The van der Waals surface area contributed by atoms with E-state index in [1.54, 1.807) is 0 Å². The van der Waals surface area contributed by atoms with Gasteiger partial charge in [0.25, 0.3) is 0 Å². The maximum absolute atomic E-state index is 6.49. The molecule has 0 bridgehead atoms. The highest BCUT2D eigenvalue weighted by Gasteiger charge is 2.16. The van der Waals surface area contributed by atoms with Gasteiger partial charge in [0.2, 0.25) is 0 Å². The molecule has 6 heteroatoms. The molecule has 1 heterocycles. The summed E-state index contributed by atoms with van der Waals surface area (Å²) in [6, 6.07) is 11.4. The fourth-order valence-electron chi connectivity index (χ4n) is 3.05. The summed E-state index contributed by atoms with van der Waals surface area (Å²) in [5, 5.41) is 4.68. The molecule has 146 valence electrons. The molecule has 27 heavy (non-hydrogen) atoms. The molecule has 0 unspecified atom stereocenters. The Morgan fingerprint density at radius 1 is 1.11 bits per heavy atom. The highest BCUT2D eigenvalue weighted by atomic mass is 35.5. The summed E-state index contributed by atoms with van der Waals surface area (Å²) in [6.45, 7) is 5.30. The van der Waals surface area contributed by atoms with Gasteiger partial charge in [-0.2, -0.15) is 0 Å². The van der Waals surface area contributed by atoms with E-state index < -0.39 is 0 Å². The van der Waals surface area contributed by atoms with Crippen LogP contribution in [-0.2, 0) is 17.9 Å². The molecule has 1 aliphatic rings. The molecule has 1 atom stereocenters. The first-order chi connectivity index (χ1) is 13.2. The van der Waals surface area contributed by atoms with Crippen LogP contribution in [0.4, 0.5) is 0 Å². The van der Waals surface area contributed by atoms with Gasteiger partial charge in [0.05, 0.1) is 17.7 Å². The van der Waals surface area contributed by atoms with E-state index in [9.17, 15) is 0 Å². The molecular formula is C21H25Cl2NO3. The quantitative estimate of drug-likeness (QED) is 0.614. The number of halogens is 2. The lowest BCUT2D eigenvalue weighted by Crippen LogP contribution is -2.25. The van der Waals surface area contributed by atoms with Gasteiger partial charge in [-0.3, -0.25) is 0 Å². The first kappa shape index (κ1) is 20.3. The fraction of sp³-hybridized carbons (Fsp3) is 0.429. The van der Waals surface area contributed by atoms with Gasteiger partial charge in [-0.05, 0) is 55.2 Å². The average Bonchev–Trinajstić information content (AvgIpc) is 3.16. The van der Waals surface area contributed by atoms with Gasteiger partial charge in [0.15, 0.2) is 11.5 Å². The molecule has 4 nitrogen and oxygen atoms in total. The summed E-state index contributed by atoms with van der Waals surface area (Å²) >= 11 is 12.4. The number of rotatable bonds is 9. The first-order valence-corrected chi connectivity index (χ1v) is 10.1. The Labute approximate surface area is 170 Å². The van der Waals surface area contributed by atoms with E-state index in [-0.39, 0.29) is 0 Å². The fourth-order valence-corrected chi connectivity index (χ4v) is 3.46. The van der Waals surface area contributed by atoms with E-state index in [1.807, 2.05) is 43.3 Å². The molecule has 0 spiro atoms. The minimum atomic E-state index is 0.314. The Morgan fingerprint density at radius 3 is 2.63 bits per heavy atom. The number of hydrogen-bond acceptors (Lipinski definition) is 4. The van der Waals surface area contributed by atoms with Crippen LogP contribution in [0, 0.1) is 0 Å². The topological polar surface area (TPSA) is 39.7 Å². The van der Waals surface area contributed by atoms with Gasteiger partial charge in [-0.1, -0.05) is 35.3 Å². The molecule has 0 aliphatic carbocycles. The molecule has 1 fully saturated rings. The maximum Gasteiger partial charge on any atom is 0.180 e. The predicted molar refractivity (Wildman–Crippen MR) is 109 cm³/mol. The second-order valence-electron chi connectivity index (χ2n) is 6.52. The van der Waals surface area contributed by atoms with Crippen molar-refractivity contribution in [3.63, 3.8) is 0 Å². The van der Waals surface area contributed by atoms with E-state index in [0.29, 0.717) is 47.4 Å². The van der Waals surface area contributed by atoms with Crippen LogP contribution in [0.2, 0.25) is 10.0 Å². The Kier molecular flexibility index (Phi) is 7.65. The zero-order chi connectivity index (χ0) is 19.1. The van der Waals surface area contributed by atoms with Gasteiger partial charge in [0.1, 0.15) is 6.61 Å². The highest BCUT2D eigenvalue weighted by Crippen LogP contribution is 2.37. The molecule has 1 N–H and O–H groups in total. The maximum atomic E-state index is 6.49. The molecule has 3 rings (SSSR count). The van der Waals surface area contributed by atoms with E-state index in [2.05, 4.69) is 5.32 Å². The summed E-state index contributed by atoms with van der Waals surface area (Å²) in [4.78, 5) is 0. The zero-order valence-corrected chi connectivity index (χ0v) is 17.0. The largest absolute Gasteiger partial charge is 0.490 e.